The summed E-state index contributed by atoms with van der Waals surface area (Å²) in [5, 5.41) is 9.49. The molecule has 7 nitrogen and oxygen atoms in total. The van der Waals surface area contributed by atoms with E-state index in [1.807, 2.05) is 37.3 Å². The fourth-order valence-corrected chi connectivity index (χ4v) is 4.47. The Bertz CT molecular complexity index is 1040. The first-order chi connectivity index (χ1) is 14.9. The van der Waals surface area contributed by atoms with Crippen LogP contribution in [-0.2, 0) is 9.59 Å². The first-order valence-electron chi connectivity index (χ1n) is 9.50. The summed E-state index contributed by atoms with van der Waals surface area (Å²) in [7, 11) is 1.47. The van der Waals surface area contributed by atoms with E-state index >= 15 is 0 Å². The van der Waals surface area contributed by atoms with E-state index in [1.165, 1.54) is 18.9 Å². The number of ether oxygens (including phenoxy) is 2. The van der Waals surface area contributed by atoms with E-state index in [0.29, 0.717) is 32.4 Å². The van der Waals surface area contributed by atoms with Crippen LogP contribution in [0.15, 0.2) is 56.8 Å². The Kier molecular flexibility index (Phi) is 7.75. The Morgan fingerprint density at radius 3 is 2.68 bits per heavy atom. The summed E-state index contributed by atoms with van der Waals surface area (Å²) < 4.78 is 11.2. The van der Waals surface area contributed by atoms with Crippen LogP contribution in [0.1, 0.15) is 18.9 Å². The molecule has 2 aromatic rings. The average Bonchev–Trinajstić information content (AvgIpc) is 3.02. The molecule has 0 saturated carbocycles. The lowest BCUT2D eigenvalue weighted by Crippen LogP contribution is -2.29. The van der Waals surface area contributed by atoms with Crippen molar-refractivity contribution < 1.29 is 24.2 Å². The zero-order valence-corrected chi connectivity index (χ0v) is 19.4. The van der Waals surface area contributed by atoms with E-state index < -0.39 is 12.6 Å². The number of thioether (sulfide) groups is 1. The van der Waals surface area contributed by atoms with Gasteiger partial charge in [0.1, 0.15) is 0 Å². The summed E-state index contributed by atoms with van der Waals surface area (Å²) in [4.78, 5) is 30.7. The van der Waals surface area contributed by atoms with Crippen LogP contribution in [0.5, 0.6) is 11.5 Å². The van der Waals surface area contributed by atoms with Gasteiger partial charge in [0.25, 0.3) is 5.91 Å². The van der Waals surface area contributed by atoms with Crippen LogP contribution in [0, 0.1) is 0 Å². The molecule has 0 aliphatic carbocycles. The largest absolute Gasteiger partial charge is 0.493 e. The Hall–Kier alpha value is -2.78. The van der Waals surface area contributed by atoms with Gasteiger partial charge >= 0.3 is 5.97 Å². The highest BCUT2D eigenvalue weighted by Crippen LogP contribution is 2.39. The van der Waals surface area contributed by atoms with Gasteiger partial charge in [0.05, 0.1) is 22.2 Å². The van der Waals surface area contributed by atoms with Gasteiger partial charge in [-0.2, -0.15) is 0 Å². The van der Waals surface area contributed by atoms with Crippen molar-refractivity contribution >= 4 is 56.5 Å². The zero-order chi connectivity index (χ0) is 22.4. The molecular weight excluding hydrogens is 484 g/mol. The van der Waals surface area contributed by atoms with Crippen LogP contribution >= 0.6 is 27.7 Å². The standard InChI is InChI=1S/C22H21BrN2O5S/c1-3-9-25-21(28)18(31-22(25)24-15-7-5-4-6-8-15)12-14-10-16(23)20(17(11-14)29-2)30-13-19(26)27/h4-8,10-12H,3,9,13H2,1-2H3,(H,26,27)/b18-12-,24-22?. The second kappa shape index (κ2) is 10.5. The summed E-state index contributed by atoms with van der Waals surface area (Å²) in [6.07, 6.45) is 2.57. The molecule has 0 spiro atoms. The van der Waals surface area contributed by atoms with Crippen molar-refractivity contribution in [3.05, 3.63) is 57.4 Å². The number of carboxylic acid groups (broad SMARTS) is 1. The summed E-state index contributed by atoms with van der Waals surface area (Å²) in [5.74, 6) is -0.546. The fourth-order valence-electron chi connectivity index (χ4n) is 2.87. The second-order valence-electron chi connectivity index (χ2n) is 6.51. The van der Waals surface area contributed by atoms with Crippen molar-refractivity contribution in [3.63, 3.8) is 0 Å². The number of benzene rings is 2. The molecule has 0 aromatic heterocycles. The van der Waals surface area contributed by atoms with Crippen molar-refractivity contribution in [1.82, 2.24) is 4.90 Å². The minimum atomic E-state index is -1.09. The average molecular weight is 505 g/mol. The van der Waals surface area contributed by atoms with Gasteiger partial charge in [0, 0.05) is 6.54 Å². The topological polar surface area (TPSA) is 88.4 Å². The maximum Gasteiger partial charge on any atom is 0.341 e. The van der Waals surface area contributed by atoms with E-state index in [1.54, 1.807) is 23.1 Å². The van der Waals surface area contributed by atoms with Gasteiger partial charge in [-0.1, -0.05) is 25.1 Å². The number of halogens is 1. The molecule has 1 aliphatic rings. The third-order valence-corrected chi connectivity index (χ3v) is 5.80. The SMILES string of the molecule is CCCN1C(=O)/C(=C/c2cc(Br)c(OCC(=O)O)c(OC)c2)SC1=Nc1ccccc1. The number of methoxy groups -OCH3 is 1. The maximum absolute atomic E-state index is 13.0. The minimum Gasteiger partial charge on any atom is -0.493 e. The van der Waals surface area contributed by atoms with Gasteiger partial charge in [-0.05, 0) is 70.0 Å². The molecule has 1 heterocycles. The van der Waals surface area contributed by atoms with Gasteiger partial charge < -0.3 is 14.6 Å². The van der Waals surface area contributed by atoms with Crippen molar-refractivity contribution in [2.24, 2.45) is 4.99 Å². The monoisotopic (exact) mass is 504 g/mol. The smallest absolute Gasteiger partial charge is 0.341 e. The molecule has 1 N–H and O–H groups in total. The third-order valence-electron chi connectivity index (χ3n) is 4.21. The molecule has 0 unspecified atom stereocenters. The summed E-state index contributed by atoms with van der Waals surface area (Å²) in [5.41, 5.74) is 1.49. The molecule has 0 radical (unpaired) electrons. The van der Waals surface area contributed by atoms with Crippen LogP contribution in [0.4, 0.5) is 5.69 Å². The van der Waals surface area contributed by atoms with E-state index in [4.69, 9.17) is 14.6 Å². The maximum atomic E-state index is 13.0. The molecule has 0 atom stereocenters. The molecule has 3 rings (SSSR count). The summed E-state index contributed by atoms with van der Waals surface area (Å²) in [6, 6.07) is 12.9. The molecule has 1 amide bonds. The fraction of sp³-hybridized carbons (Fsp3) is 0.227. The number of nitrogens with zero attached hydrogens (tertiary/aromatic N) is 2. The predicted molar refractivity (Wildman–Crippen MR) is 125 cm³/mol. The molecule has 1 saturated heterocycles. The highest BCUT2D eigenvalue weighted by atomic mass is 79.9. The van der Waals surface area contributed by atoms with Gasteiger partial charge in [0.15, 0.2) is 23.3 Å². The molecule has 2 aromatic carbocycles. The number of amidine groups is 1. The molecule has 162 valence electrons. The van der Waals surface area contributed by atoms with Crippen molar-refractivity contribution in [3.8, 4) is 11.5 Å². The van der Waals surface area contributed by atoms with E-state index in [2.05, 4.69) is 20.9 Å². The quantitative estimate of drug-likeness (QED) is 0.512. The van der Waals surface area contributed by atoms with Gasteiger partial charge in [0.2, 0.25) is 0 Å². The summed E-state index contributed by atoms with van der Waals surface area (Å²) >= 11 is 4.71. The number of aliphatic carboxylic acids is 1. The Morgan fingerprint density at radius 1 is 1.29 bits per heavy atom. The predicted octanol–water partition coefficient (Wildman–Crippen LogP) is 4.94. The van der Waals surface area contributed by atoms with Gasteiger partial charge in [-0.15, -0.1) is 0 Å². The normalized spacial score (nSPS) is 16.2. The third kappa shape index (κ3) is 5.68. The van der Waals surface area contributed by atoms with Gasteiger partial charge in [-0.25, -0.2) is 9.79 Å². The zero-order valence-electron chi connectivity index (χ0n) is 17.0. The van der Waals surface area contributed by atoms with Crippen LogP contribution < -0.4 is 9.47 Å². The number of para-hydroxylation sites is 1. The highest BCUT2D eigenvalue weighted by Gasteiger charge is 2.32. The lowest BCUT2D eigenvalue weighted by atomic mass is 10.2. The number of carboxylic acids is 1. The molecule has 1 fully saturated rings. The number of carbonyl (C=O) groups excluding carboxylic acids is 1. The number of rotatable bonds is 8. The van der Waals surface area contributed by atoms with Crippen LogP contribution in [0.2, 0.25) is 0 Å². The minimum absolute atomic E-state index is 0.108. The van der Waals surface area contributed by atoms with Crippen LogP contribution in [-0.4, -0.2) is 47.3 Å². The van der Waals surface area contributed by atoms with Gasteiger partial charge in [-0.3, -0.25) is 9.69 Å². The summed E-state index contributed by atoms with van der Waals surface area (Å²) in [6.45, 7) is 2.09. The van der Waals surface area contributed by atoms with E-state index in [9.17, 15) is 9.59 Å². The van der Waals surface area contributed by atoms with Crippen molar-refractivity contribution in [2.75, 3.05) is 20.3 Å². The number of hydrogen-bond acceptors (Lipinski definition) is 6. The Balaban J connectivity index is 1.93. The first-order valence-corrected chi connectivity index (χ1v) is 11.1. The molecule has 31 heavy (non-hydrogen) atoms. The van der Waals surface area contributed by atoms with E-state index in [-0.39, 0.29) is 11.7 Å². The Labute approximate surface area is 192 Å². The number of hydrogen-bond donors (Lipinski definition) is 1. The molecule has 0 bridgehead atoms. The molecule has 1 aliphatic heterocycles. The molecular formula is C22H21BrN2O5S. The van der Waals surface area contributed by atoms with Crippen LogP contribution in [0.3, 0.4) is 0 Å². The number of aliphatic imine (C=N–C) groups is 1. The number of amides is 1. The van der Waals surface area contributed by atoms with Crippen LogP contribution in [0.25, 0.3) is 6.08 Å². The first kappa shape index (κ1) is 22.9. The molecule has 9 heteroatoms. The van der Waals surface area contributed by atoms with Crippen molar-refractivity contribution in [2.45, 2.75) is 13.3 Å². The lowest BCUT2D eigenvalue weighted by Gasteiger charge is -2.14. The van der Waals surface area contributed by atoms with E-state index in [0.717, 1.165) is 12.1 Å². The van der Waals surface area contributed by atoms with Crippen molar-refractivity contribution in [1.29, 1.82) is 0 Å². The number of carbonyl (C=O) groups is 2. The second-order valence-corrected chi connectivity index (χ2v) is 8.38. The highest BCUT2D eigenvalue weighted by molar-refractivity contribution is 9.10. The Morgan fingerprint density at radius 2 is 2.03 bits per heavy atom. The lowest BCUT2D eigenvalue weighted by molar-refractivity contribution is -0.139.